The molecule has 1 heterocycles. The first-order chi connectivity index (χ1) is 8.00. The first-order valence-corrected chi connectivity index (χ1v) is 5.58. The van der Waals surface area contributed by atoms with Crippen molar-refractivity contribution < 1.29 is 4.39 Å². The van der Waals surface area contributed by atoms with Gasteiger partial charge in [-0.25, -0.2) is 9.07 Å². The van der Waals surface area contributed by atoms with E-state index in [-0.39, 0.29) is 11.9 Å². The molecule has 0 unspecified atom stereocenters. The maximum atomic E-state index is 13.8. The largest absolute Gasteiger partial charge is 0.324 e. The standard InChI is InChI=1S/C13H16FN3/c1-8-7-9(2)17(16-8)12-6-4-5-11(14)13(12)10(3)15/h4-7,10H,15H2,1-3H3/t10-/m0/s1. The monoisotopic (exact) mass is 233 g/mol. The lowest BCUT2D eigenvalue weighted by atomic mass is 10.1. The van der Waals surface area contributed by atoms with Crippen molar-refractivity contribution in [1.29, 1.82) is 0 Å². The van der Waals surface area contributed by atoms with Crippen LogP contribution in [-0.2, 0) is 0 Å². The molecule has 0 aliphatic heterocycles. The highest BCUT2D eigenvalue weighted by Crippen LogP contribution is 2.24. The van der Waals surface area contributed by atoms with Crippen LogP contribution in [0.15, 0.2) is 24.3 Å². The van der Waals surface area contributed by atoms with Gasteiger partial charge in [-0.05, 0) is 39.0 Å². The number of hydrogen-bond donors (Lipinski definition) is 1. The topological polar surface area (TPSA) is 43.8 Å². The average molecular weight is 233 g/mol. The second kappa shape index (κ2) is 4.30. The highest BCUT2D eigenvalue weighted by molar-refractivity contribution is 5.44. The van der Waals surface area contributed by atoms with E-state index < -0.39 is 0 Å². The van der Waals surface area contributed by atoms with Crippen molar-refractivity contribution >= 4 is 0 Å². The maximum Gasteiger partial charge on any atom is 0.130 e. The Hall–Kier alpha value is -1.68. The molecule has 0 saturated carbocycles. The summed E-state index contributed by atoms with van der Waals surface area (Å²) in [5, 5.41) is 4.36. The van der Waals surface area contributed by atoms with Gasteiger partial charge in [0.2, 0.25) is 0 Å². The smallest absolute Gasteiger partial charge is 0.130 e. The lowest BCUT2D eigenvalue weighted by Gasteiger charge is -2.14. The van der Waals surface area contributed by atoms with Crippen molar-refractivity contribution in [1.82, 2.24) is 9.78 Å². The van der Waals surface area contributed by atoms with Gasteiger partial charge in [-0.1, -0.05) is 6.07 Å². The molecule has 1 atom stereocenters. The molecule has 0 bridgehead atoms. The quantitative estimate of drug-likeness (QED) is 0.866. The van der Waals surface area contributed by atoms with Crippen LogP contribution in [0.1, 0.15) is 29.9 Å². The van der Waals surface area contributed by atoms with Crippen LogP contribution in [0.4, 0.5) is 4.39 Å². The van der Waals surface area contributed by atoms with E-state index in [2.05, 4.69) is 5.10 Å². The van der Waals surface area contributed by atoms with E-state index in [1.54, 1.807) is 17.7 Å². The van der Waals surface area contributed by atoms with Gasteiger partial charge < -0.3 is 5.73 Å². The summed E-state index contributed by atoms with van der Waals surface area (Å²) in [4.78, 5) is 0. The Bertz CT molecular complexity index is 544. The van der Waals surface area contributed by atoms with Crippen LogP contribution in [0.3, 0.4) is 0 Å². The molecule has 17 heavy (non-hydrogen) atoms. The van der Waals surface area contributed by atoms with Gasteiger partial charge >= 0.3 is 0 Å². The first kappa shape index (κ1) is 11.8. The molecule has 1 aromatic heterocycles. The van der Waals surface area contributed by atoms with E-state index in [9.17, 15) is 4.39 Å². The summed E-state index contributed by atoms with van der Waals surface area (Å²) in [7, 11) is 0. The summed E-state index contributed by atoms with van der Waals surface area (Å²) in [6, 6.07) is 6.52. The van der Waals surface area contributed by atoms with E-state index >= 15 is 0 Å². The molecular weight excluding hydrogens is 217 g/mol. The van der Waals surface area contributed by atoms with Crippen molar-refractivity contribution in [2.24, 2.45) is 5.73 Å². The fraction of sp³-hybridized carbons (Fsp3) is 0.308. The van der Waals surface area contributed by atoms with Crippen LogP contribution < -0.4 is 5.73 Å². The minimum absolute atomic E-state index is 0.287. The highest BCUT2D eigenvalue weighted by atomic mass is 19.1. The molecule has 4 heteroatoms. The fourth-order valence-corrected chi connectivity index (χ4v) is 2.03. The third kappa shape index (κ3) is 2.08. The van der Waals surface area contributed by atoms with Crippen LogP contribution in [0, 0.1) is 19.7 Å². The lowest BCUT2D eigenvalue weighted by molar-refractivity contribution is 0.588. The van der Waals surface area contributed by atoms with Crippen molar-refractivity contribution in [2.75, 3.05) is 0 Å². The third-order valence-electron chi connectivity index (χ3n) is 2.72. The van der Waals surface area contributed by atoms with Gasteiger partial charge in [0.1, 0.15) is 5.82 Å². The van der Waals surface area contributed by atoms with Crippen molar-refractivity contribution in [2.45, 2.75) is 26.8 Å². The molecule has 3 nitrogen and oxygen atoms in total. The normalized spacial score (nSPS) is 12.8. The number of nitrogens with two attached hydrogens (primary N) is 1. The van der Waals surface area contributed by atoms with E-state index in [1.165, 1.54) is 6.07 Å². The van der Waals surface area contributed by atoms with Gasteiger partial charge in [0.15, 0.2) is 0 Å². The second-order valence-electron chi connectivity index (χ2n) is 4.30. The Morgan fingerprint density at radius 1 is 1.35 bits per heavy atom. The zero-order valence-corrected chi connectivity index (χ0v) is 10.2. The number of benzene rings is 1. The Labute approximate surface area is 100 Å². The van der Waals surface area contributed by atoms with Crippen molar-refractivity contribution in [3.8, 4) is 5.69 Å². The minimum Gasteiger partial charge on any atom is -0.324 e. The fourth-order valence-electron chi connectivity index (χ4n) is 2.03. The third-order valence-corrected chi connectivity index (χ3v) is 2.72. The molecule has 0 spiro atoms. The molecule has 1 aromatic carbocycles. The van der Waals surface area contributed by atoms with Gasteiger partial charge in [0.25, 0.3) is 0 Å². The van der Waals surface area contributed by atoms with E-state index in [4.69, 9.17) is 5.73 Å². The highest BCUT2D eigenvalue weighted by Gasteiger charge is 2.15. The Morgan fingerprint density at radius 2 is 2.06 bits per heavy atom. The Kier molecular flexibility index (Phi) is 2.98. The molecule has 0 saturated heterocycles. The van der Waals surface area contributed by atoms with Gasteiger partial charge in [0, 0.05) is 17.3 Å². The van der Waals surface area contributed by atoms with Gasteiger partial charge in [0.05, 0.1) is 11.4 Å². The number of aromatic nitrogens is 2. The van der Waals surface area contributed by atoms with Crippen LogP contribution in [-0.4, -0.2) is 9.78 Å². The summed E-state index contributed by atoms with van der Waals surface area (Å²) in [6.45, 7) is 5.62. The molecule has 0 amide bonds. The molecule has 2 aromatic rings. The van der Waals surface area contributed by atoms with Crippen LogP contribution in [0.2, 0.25) is 0 Å². The van der Waals surface area contributed by atoms with Crippen molar-refractivity contribution in [3.63, 3.8) is 0 Å². The lowest BCUT2D eigenvalue weighted by Crippen LogP contribution is -2.13. The molecule has 90 valence electrons. The zero-order chi connectivity index (χ0) is 12.6. The summed E-state index contributed by atoms with van der Waals surface area (Å²) < 4.78 is 15.5. The molecular formula is C13H16FN3. The van der Waals surface area contributed by atoms with E-state index in [0.717, 1.165) is 11.4 Å². The molecule has 0 radical (unpaired) electrons. The number of hydrogen-bond acceptors (Lipinski definition) is 2. The van der Waals surface area contributed by atoms with E-state index in [0.29, 0.717) is 11.3 Å². The summed E-state index contributed by atoms with van der Waals surface area (Å²) in [5.41, 5.74) is 8.91. The maximum absolute atomic E-state index is 13.8. The summed E-state index contributed by atoms with van der Waals surface area (Å²) in [5.74, 6) is -0.287. The Morgan fingerprint density at radius 3 is 2.59 bits per heavy atom. The van der Waals surface area contributed by atoms with Gasteiger partial charge in [-0.3, -0.25) is 0 Å². The summed E-state index contributed by atoms with van der Waals surface area (Å²) >= 11 is 0. The molecule has 2 N–H and O–H groups in total. The van der Waals surface area contributed by atoms with Gasteiger partial charge in [-0.15, -0.1) is 0 Å². The van der Waals surface area contributed by atoms with Gasteiger partial charge in [-0.2, -0.15) is 5.10 Å². The van der Waals surface area contributed by atoms with Crippen LogP contribution in [0.25, 0.3) is 5.69 Å². The number of nitrogens with zero attached hydrogens (tertiary/aromatic N) is 2. The van der Waals surface area contributed by atoms with Crippen molar-refractivity contribution in [3.05, 3.63) is 47.0 Å². The van der Waals surface area contributed by atoms with Crippen LogP contribution >= 0.6 is 0 Å². The predicted octanol–water partition coefficient (Wildman–Crippen LogP) is 2.65. The number of aryl methyl sites for hydroxylation is 2. The SMILES string of the molecule is Cc1cc(C)n(-c2cccc(F)c2[C@H](C)N)n1. The molecule has 0 fully saturated rings. The van der Waals surface area contributed by atoms with E-state index in [1.807, 2.05) is 26.0 Å². The predicted molar refractivity (Wildman–Crippen MR) is 65.6 cm³/mol. The first-order valence-electron chi connectivity index (χ1n) is 5.58. The molecule has 0 aliphatic rings. The number of rotatable bonds is 2. The molecule has 0 aliphatic carbocycles. The van der Waals surface area contributed by atoms with Crippen LogP contribution in [0.5, 0.6) is 0 Å². The number of halogens is 1. The zero-order valence-electron chi connectivity index (χ0n) is 10.2. The average Bonchev–Trinajstić information content (AvgIpc) is 2.56. The molecule has 2 rings (SSSR count). The summed E-state index contributed by atoms with van der Waals surface area (Å²) in [6.07, 6.45) is 0. The Balaban J connectivity index is 2.67. The second-order valence-corrected chi connectivity index (χ2v) is 4.30. The minimum atomic E-state index is -0.366.